The Labute approximate surface area is 100 Å². The molecule has 0 aliphatic carbocycles. The fourth-order valence-corrected chi connectivity index (χ4v) is 1.82. The lowest BCUT2D eigenvalue weighted by atomic mass is 10.1. The Morgan fingerprint density at radius 1 is 1.50 bits per heavy atom. The Kier molecular flexibility index (Phi) is 3.16. The van der Waals surface area contributed by atoms with Crippen molar-refractivity contribution in [2.75, 3.05) is 7.11 Å². The molecule has 1 aromatic heterocycles. The van der Waals surface area contributed by atoms with Crippen molar-refractivity contribution in [3.63, 3.8) is 0 Å². The highest BCUT2D eigenvalue weighted by Crippen LogP contribution is 2.28. The van der Waals surface area contributed by atoms with Crippen LogP contribution >= 0.6 is 15.9 Å². The Morgan fingerprint density at radius 2 is 2.31 bits per heavy atom. The summed E-state index contributed by atoms with van der Waals surface area (Å²) in [7, 11) is 1.60. The van der Waals surface area contributed by atoms with Crippen LogP contribution in [0.15, 0.2) is 22.7 Å². The molecule has 0 saturated carbocycles. The third-order valence-electron chi connectivity index (χ3n) is 2.18. The molecule has 0 saturated heterocycles. The minimum Gasteiger partial charge on any atom is -0.497 e. The summed E-state index contributed by atoms with van der Waals surface area (Å²) in [6.45, 7) is 0. The molecule has 0 radical (unpaired) electrons. The van der Waals surface area contributed by atoms with E-state index in [9.17, 15) is 0 Å². The van der Waals surface area contributed by atoms with E-state index in [4.69, 9.17) is 10.5 Å². The Balaban J connectivity index is 2.39. The van der Waals surface area contributed by atoms with Gasteiger partial charge in [0.2, 0.25) is 0 Å². The lowest BCUT2D eigenvalue weighted by molar-refractivity contribution is 0.414. The lowest BCUT2D eigenvalue weighted by Crippen LogP contribution is -2.14. The van der Waals surface area contributed by atoms with Crippen LogP contribution in [-0.4, -0.2) is 27.7 Å². The number of tetrazole rings is 1. The summed E-state index contributed by atoms with van der Waals surface area (Å²) in [4.78, 5) is 0. The number of aromatic amines is 1. The van der Waals surface area contributed by atoms with Crippen molar-refractivity contribution >= 4 is 15.9 Å². The van der Waals surface area contributed by atoms with E-state index < -0.39 is 6.04 Å². The molecule has 84 valence electrons. The van der Waals surface area contributed by atoms with Crippen LogP contribution in [0.4, 0.5) is 0 Å². The topological polar surface area (TPSA) is 89.7 Å². The standard InChI is InChI=1S/C9H10BrN5O/c1-16-5-2-3-7(10)6(4-5)8(11)9-12-14-15-13-9/h2-4,8H,11H2,1H3,(H,12,13,14,15). The van der Waals surface area contributed by atoms with Gasteiger partial charge in [0.05, 0.1) is 13.2 Å². The normalized spacial score (nSPS) is 12.4. The molecule has 0 spiro atoms. The van der Waals surface area contributed by atoms with Crippen molar-refractivity contribution in [3.05, 3.63) is 34.1 Å². The summed E-state index contributed by atoms with van der Waals surface area (Å²) in [5, 5.41) is 13.6. The summed E-state index contributed by atoms with van der Waals surface area (Å²) in [6, 6.07) is 5.11. The van der Waals surface area contributed by atoms with Crippen molar-refractivity contribution in [2.45, 2.75) is 6.04 Å². The van der Waals surface area contributed by atoms with E-state index in [0.717, 1.165) is 15.8 Å². The van der Waals surface area contributed by atoms with Crippen LogP contribution in [0.2, 0.25) is 0 Å². The van der Waals surface area contributed by atoms with E-state index >= 15 is 0 Å². The molecule has 1 aromatic carbocycles. The maximum absolute atomic E-state index is 6.01. The van der Waals surface area contributed by atoms with Crippen molar-refractivity contribution < 1.29 is 4.74 Å². The first-order valence-electron chi connectivity index (χ1n) is 4.54. The number of nitrogens with two attached hydrogens (primary N) is 1. The van der Waals surface area contributed by atoms with Gasteiger partial charge in [0.25, 0.3) is 0 Å². The first-order chi connectivity index (χ1) is 7.72. The number of ether oxygens (including phenoxy) is 1. The second-order valence-corrected chi connectivity index (χ2v) is 3.99. The predicted molar refractivity (Wildman–Crippen MR) is 60.9 cm³/mol. The molecule has 0 fully saturated rings. The minimum absolute atomic E-state index is 0.439. The number of halogens is 1. The van der Waals surface area contributed by atoms with Gasteiger partial charge in [-0.3, -0.25) is 0 Å². The first-order valence-corrected chi connectivity index (χ1v) is 5.34. The molecule has 7 heteroatoms. The van der Waals surface area contributed by atoms with E-state index in [-0.39, 0.29) is 0 Å². The summed E-state index contributed by atoms with van der Waals surface area (Å²) >= 11 is 3.42. The fourth-order valence-electron chi connectivity index (χ4n) is 1.33. The Morgan fingerprint density at radius 3 is 2.94 bits per heavy atom. The number of nitrogens with one attached hydrogen (secondary N) is 1. The van der Waals surface area contributed by atoms with Crippen LogP contribution in [0.3, 0.4) is 0 Å². The van der Waals surface area contributed by atoms with Crippen LogP contribution in [-0.2, 0) is 0 Å². The molecule has 1 atom stereocenters. The number of nitrogens with zero attached hydrogens (tertiary/aromatic N) is 3. The SMILES string of the molecule is COc1ccc(Br)c(C(N)c2nn[nH]n2)c1. The van der Waals surface area contributed by atoms with E-state index in [1.165, 1.54) is 0 Å². The van der Waals surface area contributed by atoms with E-state index in [1.807, 2.05) is 18.2 Å². The molecule has 2 aromatic rings. The maximum atomic E-state index is 6.01. The molecular formula is C9H10BrN5O. The first kappa shape index (κ1) is 11.0. The predicted octanol–water partition coefficient (Wildman–Crippen LogP) is 1.02. The van der Waals surface area contributed by atoms with Crippen LogP contribution in [0.25, 0.3) is 0 Å². The largest absolute Gasteiger partial charge is 0.497 e. The van der Waals surface area contributed by atoms with E-state index in [0.29, 0.717) is 5.82 Å². The number of hydrogen-bond donors (Lipinski definition) is 2. The summed E-state index contributed by atoms with van der Waals surface area (Å²) in [5.74, 6) is 1.17. The number of aromatic nitrogens is 4. The minimum atomic E-state index is -0.441. The van der Waals surface area contributed by atoms with E-state index in [1.54, 1.807) is 7.11 Å². The molecule has 3 N–H and O–H groups in total. The summed E-state index contributed by atoms with van der Waals surface area (Å²) in [5.41, 5.74) is 6.86. The van der Waals surface area contributed by atoms with Crippen molar-refractivity contribution in [1.29, 1.82) is 0 Å². The van der Waals surface area contributed by atoms with Gasteiger partial charge in [-0.05, 0) is 23.8 Å². The van der Waals surface area contributed by atoms with Crippen molar-refractivity contribution in [2.24, 2.45) is 5.73 Å². The number of methoxy groups -OCH3 is 1. The highest BCUT2D eigenvalue weighted by atomic mass is 79.9. The van der Waals surface area contributed by atoms with Crippen LogP contribution in [0, 0.1) is 0 Å². The highest BCUT2D eigenvalue weighted by molar-refractivity contribution is 9.10. The van der Waals surface area contributed by atoms with Crippen LogP contribution in [0.5, 0.6) is 5.75 Å². The monoisotopic (exact) mass is 283 g/mol. The lowest BCUT2D eigenvalue weighted by Gasteiger charge is -2.11. The molecule has 1 heterocycles. The fraction of sp³-hybridized carbons (Fsp3) is 0.222. The van der Waals surface area contributed by atoms with Gasteiger partial charge in [0, 0.05) is 4.47 Å². The zero-order valence-corrected chi connectivity index (χ0v) is 10.1. The van der Waals surface area contributed by atoms with Gasteiger partial charge in [0.1, 0.15) is 5.75 Å². The van der Waals surface area contributed by atoms with Gasteiger partial charge in [-0.25, -0.2) is 0 Å². The van der Waals surface area contributed by atoms with Gasteiger partial charge in [0.15, 0.2) is 5.82 Å². The van der Waals surface area contributed by atoms with Gasteiger partial charge in [-0.15, -0.1) is 10.2 Å². The van der Waals surface area contributed by atoms with Crippen LogP contribution in [0.1, 0.15) is 17.4 Å². The zero-order chi connectivity index (χ0) is 11.5. The Hall–Kier alpha value is -1.47. The summed E-state index contributed by atoms with van der Waals surface area (Å²) in [6.07, 6.45) is 0. The molecule has 0 aliphatic heterocycles. The maximum Gasteiger partial charge on any atom is 0.195 e. The quantitative estimate of drug-likeness (QED) is 0.878. The third-order valence-corrected chi connectivity index (χ3v) is 2.90. The highest BCUT2D eigenvalue weighted by Gasteiger charge is 2.16. The van der Waals surface area contributed by atoms with Crippen molar-refractivity contribution in [1.82, 2.24) is 20.6 Å². The molecule has 2 rings (SSSR count). The molecule has 0 amide bonds. The van der Waals surface area contributed by atoms with Crippen molar-refractivity contribution in [3.8, 4) is 5.75 Å². The number of rotatable bonds is 3. The summed E-state index contributed by atoms with van der Waals surface area (Å²) < 4.78 is 6.02. The smallest absolute Gasteiger partial charge is 0.195 e. The van der Waals surface area contributed by atoms with Gasteiger partial charge < -0.3 is 10.5 Å². The molecular weight excluding hydrogens is 274 g/mol. The second-order valence-electron chi connectivity index (χ2n) is 3.14. The number of hydrogen-bond acceptors (Lipinski definition) is 5. The van der Waals surface area contributed by atoms with Gasteiger partial charge in [-0.1, -0.05) is 21.1 Å². The molecule has 0 aliphatic rings. The van der Waals surface area contributed by atoms with Gasteiger partial charge >= 0.3 is 0 Å². The van der Waals surface area contributed by atoms with Gasteiger partial charge in [-0.2, -0.15) is 5.21 Å². The molecule has 16 heavy (non-hydrogen) atoms. The average molecular weight is 284 g/mol. The molecule has 0 bridgehead atoms. The second kappa shape index (κ2) is 4.58. The third kappa shape index (κ3) is 2.05. The molecule has 1 unspecified atom stereocenters. The van der Waals surface area contributed by atoms with E-state index in [2.05, 4.69) is 36.6 Å². The zero-order valence-electron chi connectivity index (χ0n) is 8.51. The van der Waals surface area contributed by atoms with Crippen LogP contribution < -0.4 is 10.5 Å². The Bertz CT molecular complexity index is 473. The molecule has 6 nitrogen and oxygen atoms in total. The number of benzene rings is 1. The average Bonchev–Trinajstić information content (AvgIpc) is 2.82. The number of H-pyrrole nitrogens is 1.